The van der Waals surface area contributed by atoms with Crippen molar-refractivity contribution in [2.45, 2.75) is 4.90 Å². The first kappa shape index (κ1) is 10.4. The van der Waals surface area contributed by atoms with Crippen LogP contribution in [0, 0.1) is 0 Å². The molecule has 14 heavy (non-hydrogen) atoms. The van der Waals surface area contributed by atoms with E-state index in [-0.39, 0.29) is 10.7 Å². The summed E-state index contributed by atoms with van der Waals surface area (Å²) < 4.78 is 22.1. The Morgan fingerprint density at radius 1 is 1.57 bits per heavy atom. The average molecular weight is 217 g/mol. The summed E-state index contributed by atoms with van der Waals surface area (Å²) in [5.41, 5.74) is 5.25. The second-order valence-electron chi connectivity index (χ2n) is 2.52. The van der Waals surface area contributed by atoms with Gasteiger partial charge in [-0.25, -0.2) is 23.2 Å². The average Bonchev–Trinajstić information content (AvgIpc) is 2.01. The van der Waals surface area contributed by atoms with E-state index in [9.17, 15) is 13.2 Å². The number of carboxylic acid groups (broad SMARTS) is 1. The van der Waals surface area contributed by atoms with Crippen LogP contribution in [0.3, 0.4) is 0 Å². The lowest BCUT2D eigenvalue weighted by atomic mass is 10.5. The molecule has 1 rings (SSSR count). The maximum absolute atomic E-state index is 11.0. The van der Waals surface area contributed by atoms with Crippen LogP contribution < -0.4 is 5.73 Å². The third-order valence-electron chi connectivity index (χ3n) is 1.37. The number of nitrogens with zero attached hydrogens (tertiary/aromatic N) is 2. The molecule has 3 N–H and O–H groups in total. The van der Waals surface area contributed by atoms with Gasteiger partial charge in [-0.15, -0.1) is 0 Å². The van der Waals surface area contributed by atoms with Crippen molar-refractivity contribution in [3.8, 4) is 0 Å². The van der Waals surface area contributed by atoms with Gasteiger partial charge in [-0.1, -0.05) is 0 Å². The van der Waals surface area contributed by atoms with E-state index in [0.29, 0.717) is 0 Å². The van der Waals surface area contributed by atoms with Gasteiger partial charge < -0.3 is 10.8 Å². The van der Waals surface area contributed by atoms with Crippen molar-refractivity contribution in [1.82, 2.24) is 9.97 Å². The number of aromatic carboxylic acids is 1. The monoisotopic (exact) mass is 217 g/mol. The molecular weight excluding hydrogens is 210 g/mol. The maximum Gasteiger partial charge on any atom is 0.374 e. The zero-order chi connectivity index (χ0) is 10.9. The predicted molar refractivity (Wildman–Crippen MR) is 46.5 cm³/mol. The SMILES string of the molecule is CS(=O)(=O)c1cnc(C(=O)O)nc1N. The van der Waals surface area contributed by atoms with Gasteiger partial charge in [0.05, 0.1) is 6.20 Å². The Bertz CT molecular complexity index is 482. The molecule has 0 spiro atoms. The van der Waals surface area contributed by atoms with Gasteiger partial charge in [-0.2, -0.15) is 0 Å². The molecule has 8 heteroatoms. The molecule has 1 aromatic rings. The molecule has 0 aliphatic carbocycles. The number of carbonyl (C=O) groups is 1. The zero-order valence-corrected chi connectivity index (χ0v) is 7.95. The van der Waals surface area contributed by atoms with Crippen LogP contribution in [0.2, 0.25) is 0 Å². The highest BCUT2D eigenvalue weighted by Gasteiger charge is 2.16. The van der Waals surface area contributed by atoms with Crippen molar-refractivity contribution in [2.24, 2.45) is 0 Å². The minimum absolute atomic E-state index is 0.275. The van der Waals surface area contributed by atoms with E-state index < -0.39 is 21.6 Å². The molecule has 1 aromatic heterocycles. The fourth-order valence-corrected chi connectivity index (χ4v) is 1.44. The number of hydrogen-bond acceptors (Lipinski definition) is 6. The van der Waals surface area contributed by atoms with E-state index in [1.807, 2.05) is 0 Å². The molecule has 0 saturated heterocycles. The summed E-state index contributed by atoms with van der Waals surface area (Å²) in [4.78, 5) is 16.8. The van der Waals surface area contributed by atoms with Crippen LogP contribution in [-0.2, 0) is 9.84 Å². The Hall–Kier alpha value is -1.70. The van der Waals surface area contributed by atoms with Crippen LogP contribution in [0.15, 0.2) is 11.1 Å². The molecule has 0 unspecified atom stereocenters. The van der Waals surface area contributed by atoms with Gasteiger partial charge in [-0.3, -0.25) is 0 Å². The van der Waals surface area contributed by atoms with Crippen LogP contribution in [0.5, 0.6) is 0 Å². The highest BCUT2D eigenvalue weighted by molar-refractivity contribution is 7.90. The zero-order valence-electron chi connectivity index (χ0n) is 7.13. The summed E-state index contributed by atoms with van der Waals surface area (Å²) in [7, 11) is -3.52. The quantitative estimate of drug-likeness (QED) is 0.661. The van der Waals surface area contributed by atoms with Crippen molar-refractivity contribution in [3.63, 3.8) is 0 Å². The van der Waals surface area contributed by atoms with Crippen LogP contribution in [-0.4, -0.2) is 35.7 Å². The van der Waals surface area contributed by atoms with E-state index in [1.165, 1.54) is 0 Å². The van der Waals surface area contributed by atoms with Gasteiger partial charge in [0.2, 0.25) is 5.82 Å². The molecule has 0 amide bonds. The second kappa shape index (κ2) is 3.22. The Morgan fingerprint density at radius 3 is 2.50 bits per heavy atom. The Kier molecular flexibility index (Phi) is 2.39. The molecule has 0 fully saturated rings. The fourth-order valence-electron chi connectivity index (χ4n) is 0.773. The number of aromatic nitrogens is 2. The van der Waals surface area contributed by atoms with Gasteiger partial charge in [0, 0.05) is 6.26 Å². The molecule has 0 aliphatic rings. The molecule has 7 nitrogen and oxygen atoms in total. The Balaban J connectivity index is 3.35. The maximum atomic E-state index is 11.0. The standard InChI is InChI=1S/C6H7N3O4S/c1-14(12,13)3-2-8-5(6(10)11)9-4(3)7/h2H,1H3,(H,10,11)(H2,7,8,9). The number of hydrogen-bond donors (Lipinski definition) is 2. The van der Waals surface area contributed by atoms with Gasteiger partial charge in [0.1, 0.15) is 10.7 Å². The number of nitrogen functional groups attached to an aromatic ring is 1. The van der Waals surface area contributed by atoms with E-state index in [2.05, 4.69) is 9.97 Å². The summed E-state index contributed by atoms with van der Waals surface area (Å²) in [5, 5.41) is 8.47. The van der Waals surface area contributed by atoms with E-state index in [0.717, 1.165) is 12.5 Å². The van der Waals surface area contributed by atoms with Gasteiger partial charge in [0.25, 0.3) is 0 Å². The molecule has 0 bridgehead atoms. The molecular formula is C6H7N3O4S. The molecule has 0 saturated carbocycles. The third kappa shape index (κ3) is 1.96. The largest absolute Gasteiger partial charge is 0.475 e. The lowest BCUT2D eigenvalue weighted by molar-refractivity contribution is 0.0683. The topological polar surface area (TPSA) is 123 Å². The first-order valence-corrected chi connectivity index (χ1v) is 5.27. The number of rotatable bonds is 2. The number of nitrogens with two attached hydrogens (primary N) is 1. The Labute approximate surface area is 79.5 Å². The smallest absolute Gasteiger partial charge is 0.374 e. The van der Waals surface area contributed by atoms with Gasteiger partial charge >= 0.3 is 5.97 Å². The highest BCUT2D eigenvalue weighted by atomic mass is 32.2. The summed E-state index contributed by atoms with van der Waals surface area (Å²) >= 11 is 0. The molecule has 0 atom stereocenters. The first-order valence-electron chi connectivity index (χ1n) is 3.38. The van der Waals surface area contributed by atoms with E-state index in [4.69, 9.17) is 10.8 Å². The highest BCUT2D eigenvalue weighted by Crippen LogP contribution is 2.13. The normalized spacial score (nSPS) is 11.2. The van der Waals surface area contributed by atoms with Crippen LogP contribution in [0.4, 0.5) is 5.82 Å². The minimum atomic E-state index is -3.52. The molecule has 0 aliphatic heterocycles. The Morgan fingerprint density at radius 2 is 2.14 bits per heavy atom. The van der Waals surface area contributed by atoms with Gasteiger partial charge in [0.15, 0.2) is 9.84 Å². The summed E-state index contributed by atoms with van der Waals surface area (Å²) in [6, 6.07) is 0. The fraction of sp³-hybridized carbons (Fsp3) is 0.167. The van der Waals surface area contributed by atoms with Crippen LogP contribution >= 0.6 is 0 Å². The molecule has 0 radical (unpaired) electrons. The minimum Gasteiger partial charge on any atom is -0.475 e. The lowest BCUT2D eigenvalue weighted by Crippen LogP contribution is -2.11. The number of anilines is 1. The van der Waals surface area contributed by atoms with E-state index >= 15 is 0 Å². The molecule has 76 valence electrons. The lowest BCUT2D eigenvalue weighted by Gasteiger charge is -2.01. The molecule has 0 aromatic carbocycles. The van der Waals surface area contributed by atoms with Crippen molar-refractivity contribution in [2.75, 3.05) is 12.0 Å². The van der Waals surface area contributed by atoms with Crippen LogP contribution in [0.25, 0.3) is 0 Å². The van der Waals surface area contributed by atoms with Crippen molar-refractivity contribution >= 4 is 21.6 Å². The second-order valence-corrected chi connectivity index (χ2v) is 4.50. The third-order valence-corrected chi connectivity index (χ3v) is 2.49. The predicted octanol–water partition coefficient (Wildman–Crippen LogP) is -0.840. The summed E-state index contributed by atoms with van der Waals surface area (Å²) in [5.74, 6) is -2.26. The number of sulfone groups is 1. The molecule has 1 heterocycles. The summed E-state index contributed by atoms with van der Waals surface area (Å²) in [6.45, 7) is 0. The van der Waals surface area contributed by atoms with Gasteiger partial charge in [-0.05, 0) is 0 Å². The van der Waals surface area contributed by atoms with Crippen LogP contribution in [0.1, 0.15) is 10.6 Å². The van der Waals surface area contributed by atoms with Crippen molar-refractivity contribution in [1.29, 1.82) is 0 Å². The first-order chi connectivity index (χ1) is 6.32. The number of carboxylic acids is 1. The van der Waals surface area contributed by atoms with E-state index in [1.54, 1.807) is 0 Å². The van der Waals surface area contributed by atoms with Crippen molar-refractivity contribution < 1.29 is 18.3 Å². The van der Waals surface area contributed by atoms with Crippen molar-refractivity contribution in [3.05, 3.63) is 12.0 Å². The summed E-state index contributed by atoms with van der Waals surface area (Å²) in [6.07, 6.45) is 1.81.